The smallest absolute Gasteiger partial charge is 0.146 e. The number of thiol groups is 1. The Morgan fingerprint density at radius 1 is 1.67 bits per heavy atom. The Kier molecular flexibility index (Phi) is 2.52. The Bertz CT molecular complexity index is 280. The Morgan fingerprint density at radius 3 is 2.75 bits per heavy atom. The van der Waals surface area contributed by atoms with Gasteiger partial charge in [-0.3, -0.25) is 0 Å². The number of hydrogen-bond donors (Lipinski definition) is 2. The molecule has 0 saturated carbocycles. The molecule has 1 heterocycles. The van der Waals surface area contributed by atoms with Gasteiger partial charge in [0.25, 0.3) is 0 Å². The standard InChI is InChI=1S/C7H12BN3S/c1-4-6(8)7(11(3)12)10-5(2)9-4/h12H,1,8H2,2-3H3,(H,9,10). The number of hydrogen-bond acceptors (Lipinski definition) is 4. The highest BCUT2D eigenvalue weighted by Gasteiger charge is 2.13. The summed E-state index contributed by atoms with van der Waals surface area (Å²) in [7, 11) is 3.81. The predicted octanol–water partition coefficient (Wildman–Crippen LogP) is 0.100. The van der Waals surface area contributed by atoms with Gasteiger partial charge in [-0.05, 0) is 12.4 Å². The summed E-state index contributed by atoms with van der Waals surface area (Å²) >= 11 is 4.18. The van der Waals surface area contributed by atoms with Gasteiger partial charge in [-0.15, -0.1) is 0 Å². The van der Waals surface area contributed by atoms with Crippen LogP contribution in [0.3, 0.4) is 0 Å². The molecule has 0 aromatic heterocycles. The van der Waals surface area contributed by atoms with Crippen LogP contribution in [0.15, 0.2) is 28.6 Å². The Morgan fingerprint density at radius 2 is 2.25 bits per heavy atom. The second kappa shape index (κ2) is 3.27. The van der Waals surface area contributed by atoms with E-state index >= 15 is 0 Å². The molecule has 0 spiro atoms. The molecule has 3 nitrogen and oxygen atoms in total. The first-order chi connectivity index (χ1) is 5.52. The molecule has 0 unspecified atom stereocenters. The van der Waals surface area contributed by atoms with Crippen molar-refractivity contribution in [2.75, 3.05) is 7.05 Å². The van der Waals surface area contributed by atoms with Crippen molar-refractivity contribution < 1.29 is 0 Å². The Hall–Kier alpha value is -0.835. The average molecular weight is 181 g/mol. The zero-order valence-electron chi connectivity index (χ0n) is 7.55. The quantitative estimate of drug-likeness (QED) is 0.443. The summed E-state index contributed by atoms with van der Waals surface area (Å²) in [5.41, 5.74) is 1.91. The van der Waals surface area contributed by atoms with Crippen LogP contribution in [-0.4, -0.2) is 25.0 Å². The second-order valence-corrected chi connectivity index (χ2v) is 3.37. The molecule has 0 radical (unpaired) electrons. The topological polar surface area (TPSA) is 27.6 Å². The van der Waals surface area contributed by atoms with Crippen LogP contribution in [0.25, 0.3) is 0 Å². The number of nitrogens with one attached hydrogen (secondary N) is 1. The lowest BCUT2D eigenvalue weighted by molar-refractivity contribution is 0.687. The average Bonchev–Trinajstić information content (AvgIpc) is 1.96. The molecule has 1 rings (SSSR count). The number of nitrogens with zero attached hydrogens (tertiary/aromatic N) is 2. The van der Waals surface area contributed by atoms with Gasteiger partial charge in [-0.1, -0.05) is 19.4 Å². The highest BCUT2D eigenvalue weighted by Crippen LogP contribution is 2.17. The van der Waals surface area contributed by atoms with E-state index in [9.17, 15) is 0 Å². The SMILES string of the molecule is BC1=C(N(C)S)N=C(C)NC1=C. The third kappa shape index (κ3) is 1.66. The first kappa shape index (κ1) is 9.25. The fraction of sp³-hybridized carbons (Fsp3) is 0.286. The molecule has 0 aromatic carbocycles. The summed E-state index contributed by atoms with van der Waals surface area (Å²) in [6.45, 7) is 5.77. The van der Waals surface area contributed by atoms with E-state index in [0.717, 1.165) is 22.8 Å². The van der Waals surface area contributed by atoms with E-state index in [1.807, 2.05) is 21.8 Å². The minimum Gasteiger partial charge on any atom is -0.345 e. The maximum atomic E-state index is 4.29. The predicted molar refractivity (Wildman–Crippen MR) is 57.7 cm³/mol. The van der Waals surface area contributed by atoms with E-state index in [-0.39, 0.29) is 0 Å². The molecular weight excluding hydrogens is 169 g/mol. The molecule has 0 aromatic rings. The van der Waals surface area contributed by atoms with Gasteiger partial charge in [-0.25, -0.2) is 4.99 Å². The highest BCUT2D eigenvalue weighted by atomic mass is 32.1. The molecular formula is C7H12BN3S. The molecule has 0 fully saturated rings. The summed E-state index contributed by atoms with van der Waals surface area (Å²) in [5.74, 6) is 1.70. The molecule has 1 N–H and O–H groups in total. The third-order valence-corrected chi connectivity index (χ3v) is 1.89. The molecule has 0 atom stereocenters. The minimum atomic E-state index is 0.847. The van der Waals surface area contributed by atoms with Crippen molar-refractivity contribution in [1.82, 2.24) is 9.62 Å². The van der Waals surface area contributed by atoms with Crippen molar-refractivity contribution in [3.63, 3.8) is 0 Å². The van der Waals surface area contributed by atoms with Crippen LogP contribution in [0.4, 0.5) is 0 Å². The van der Waals surface area contributed by atoms with Crippen molar-refractivity contribution in [2.24, 2.45) is 4.99 Å². The van der Waals surface area contributed by atoms with Crippen LogP contribution in [-0.2, 0) is 0 Å². The monoisotopic (exact) mass is 181 g/mol. The van der Waals surface area contributed by atoms with Crippen LogP contribution in [0.5, 0.6) is 0 Å². The fourth-order valence-electron chi connectivity index (χ4n) is 1.03. The number of rotatable bonds is 1. The van der Waals surface area contributed by atoms with Crippen LogP contribution in [0, 0.1) is 0 Å². The number of allylic oxidation sites excluding steroid dienone is 1. The first-order valence-corrected chi connectivity index (χ1v) is 4.07. The van der Waals surface area contributed by atoms with Gasteiger partial charge in [0, 0.05) is 12.7 Å². The Balaban J connectivity index is 3.08. The molecule has 12 heavy (non-hydrogen) atoms. The summed E-state index contributed by atoms with van der Waals surface area (Å²) in [6.07, 6.45) is 0. The van der Waals surface area contributed by atoms with Gasteiger partial charge in [0.2, 0.25) is 0 Å². The van der Waals surface area contributed by atoms with Crippen molar-refractivity contribution >= 4 is 26.5 Å². The third-order valence-electron chi connectivity index (χ3n) is 1.70. The second-order valence-electron chi connectivity index (χ2n) is 2.77. The molecule has 0 bridgehead atoms. The Labute approximate surface area is 79.2 Å². The lowest BCUT2D eigenvalue weighted by Crippen LogP contribution is -2.27. The molecule has 1 aliphatic heterocycles. The van der Waals surface area contributed by atoms with Crippen molar-refractivity contribution in [2.45, 2.75) is 6.92 Å². The minimum absolute atomic E-state index is 0.847. The van der Waals surface area contributed by atoms with Gasteiger partial charge < -0.3 is 9.62 Å². The van der Waals surface area contributed by atoms with Gasteiger partial charge >= 0.3 is 0 Å². The highest BCUT2D eigenvalue weighted by molar-refractivity contribution is 7.77. The van der Waals surface area contributed by atoms with Crippen molar-refractivity contribution in [1.29, 1.82) is 0 Å². The molecule has 0 aliphatic carbocycles. The van der Waals surface area contributed by atoms with Crippen LogP contribution in [0.1, 0.15) is 6.92 Å². The summed E-state index contributed by atoms with van der Waals surface area (Å²) in [5, 5.41) is 3.05. The van der Waals surface area contributed by atoms with E-state index < -0.39 is 0 Å². The summed E-state index contributed by atoms with van der Waals surface area (Å²) < 4.78 is 1.69. The molecule has 0 amide bonds. The number of amidine groups is 1. The fourth-order valence-corrected chi connectivity index (χ4v) is 1.23. The summed E-state index contributed by atoms with van der Waals surface area (Å²) in [6, 6.07) is 0. The molecule has 1 aliphatic rings. The lowest BCUT2D eigenvalue weighted by atomic mass is 9.92. The number of aliphatic imine (C=N–C) groups is 1. The van der Waals surface area contributed by atoms with Gasteiger partial charge in [0.15, 0.2) is 0 Å². The van der Waals surface area contributed by atoms with Crippen molar-refractivity contribution in [3.05, 3.63) is 23.6 Å². The van der Waals surface area contributed by atoms with Crippen LogP contribution < -0.4 is 5.32 Å². The van der Waals surface area contributed by atoms with Gasteiger partial charge in [0.05, 0.1) is 0 Å². The van der Waals surface area contributed by atoms with E-state index in [1.165, 1.54) is 0 Å². The first-order valence-electron chi connectivity index (χ1n) is 3.67. The largest absolute Gasteiger partial charge is 0.345 e. The van der Waals surface area contributed by atoms with Crippen molar-refractivity contribution in [3.8, 4) is 0 Å². The molecule has 64 valence electrons. The van der Waals surface area contributed by atoms with E-state index in [1.54, 1.807) is 4.31 Å². The maximum absolute atomic E-state index is 4.29. The van der Waals surface area contributed by atoms with Gasteiger partial charge in [-0.2, -0.15) is 0 Å². The van der Waals surface area contributed by atoms with Gasteiger partial charge in [0.1, 0.15) is 19.5 Å². The maximum Gasteiger partial charge on any atom is 0.146 e. The zero-order valence-corrected chi connectivity index (χ0v) is 8.44. The lowest BCUT2D eigenvalue weighted by Gasteiger charge is -2.22. The van der Waals surface area contributed by atoms with Crippen LogP contribution in [0.2, 0.25) is 0 Å². The summed E-state index contributed by atoms with van der Waals surface area (Å²) in [4.78, 5) is 4.29. The van der Waals surface area contributed by atoms with E-state index in [0.29, 0.717) is 0 Å². The normalized spacial score (nSPS) is 17.2. The van der Waals surface area contributed by atoms with E-state index in [4.69, 9.17) is 0 Å². The molecule has 0 saturated heterocycles. The van der Waals surface area contributed by atoms with E-state index in [2.05, 4.69) is 29.7 Å². The molecule has 5 heteroatoms. The van der Waals surface area contributed by atoms with Crippen LogP contribution >= 0.6 is 12.8 Å². The zero-order chi connectivity index (χ0) is 9.30.